The van der Waals surface area contributed by atoms with Crippen molar-refractivity contribution in [2.24, 2.45) is 16.7 Å². The quantitative estimate of drug-likeness (QED) is 0.887. The third kappa shape index (κ3) is 2.39. The summed E-state index contributed by atoms with van der Waals surface area (Å²) in [6, 6.07) is 5.30. The molecule has 0 aromatic heterocycles. The third-order valence-electron chi connectivity index (χ3n) is 5.28. The van der Waals surface area contributed by atoms with Gasteiger partial charge in [-0.25, -0.2) is 0 Å². The van der Waals surface area contributed by atoms with Gasteiger partial charge in [-0.1, -0.05) is 39.3 Å². The van der Waals surface area contributed by atoms with E-state index < -0.39 is 0 Å². The molecule has 1 saturated carbocycles. The Bertz CT molecular complexity index is 523. The number of carbonyl (C=O) groups excluding carboxylic acids is 1. The Labute approximate surface area is 126 Å². The van der Waals surface area contributed by atoms with E-state index in [1.54, 1.807) is 19.2 Å². The summed E-state index contributed by atoms with van der Waals surface area (Å²) in [6.45, 7) is 9.71. The van der Waals surface area contributed by atoms with Crippen LogP contribution < -0.4 is 10.6 Å². The minimum absolute atomic E-state index is 0.0737. The number of halogens is 1. The summed E-state index contributed by atoms with van der Waals surface area (Å²) in [5.41, 5.74) is 1.94. The first-order valence-corrected chi connectivity index (χ1v) is 7.35. The SMILES string of the molecule is CNc1ccc(Cl)cc1C(=O)NCC1C(C)(C)C1(C)C. The molecule has 1 aliphatic rings. The zero-order valence-corrected chi connectivity index (χ0v) is 13.6. The highest BCUT2D eigenvalue weighted by Crippen LogP contribution is 2.67. The summed E-state index contributed by atoms with van der Waals surface area (Å²) in [7, 11) is 1.80. The molecule has 20 heavy (non-hydrogen) atoms. The lowest BCUT2D eigenvalue weighted by atomic mass is 10.0. The van der Waals surface area contributed by atoms with E-state index in [0.717, 1.165) is 5.69 Å². The monoisotopic (exact) mass is 294 g/mol. The lowest BCUT2D eigenvalue weighted by Gasteiger charge is -2.11. The van der Waals surface area contributed by atoms with Crippen LogP contribution in [0, 0.1) is 16.7 Å². The van der Waals surface area contributed by atoms with Crippen LogP contribution in [0.3, 0.4) is 0 Å². The number of hydrogen-bond donors (Lipinski definition) is 2. The molecule has 0 aliphatic heterocycles. The zero-order valence-electron chi connectivity index (χ0n) is 12.8. The van der Waals surface area contributed by atoms with Gasteiger partial charge in [0.25, 0.3) is 5.91 Å². The van der Waals surface area contributed by atoms with Gasteiger partial charge in [0, 0.05) is 24.3 Å². The van der Waals surface area contributed by atoms with Crippen molar-refractivity contribution in [2.45, 2.75) is 27.7 Å². The molecule has 1 fully saturated rings. The fourth-order valence-corrected chi connectivity index (χ4v) is 3.23. The van der Waals surface area contributed by atoms with Crippen LogP contribution in [0.1, 0.15) is 38.1 Å². The van der Waals surface area contributed by atoms with E-state index in [-0.39, 0.29) is 16.7 Å². The van der Waals surface area contributed by atoms with Crippen LogP contribution in [0.15, 0.2) is 18.2 Å². The Morgan fingerprint density at radius 1 is 1.25 bits per heavy atom. The first-order valence-electron chi connectivity index (χ1n) is 6.97. The number of rotatable bonds is 4. The molecule has 1 aliphatic carbocycles. The topological polar surface area (TPSA) is 41.1 Å². The van der Waals surface area contributed by atoms with Gasteiger partial charge in [-0.05, 0) is 34.9 Å². The van der Waals surface area contributed by atoms with Gasteiger partial charge in [0.05, 0.1) is 5.56 Å². The van der Waals surface area contributed by atoms with E-state index in [1.807, 2.05) is 6.07 Å². The van der Waals surface area contributed by atoms with E-state index in [2.05, 4.69) is 38.3 Å². The summed E-state index contributed by atoms with van der Waals surface area (Å²) < 4.78 is 0. The molecule has 3 nitrogen and oxygen atoms in total. The molecular formula is C16H23ClN2O. The Morgan fingerprint density at radius 3 is 2.35 bits per heavy atom. The van der Waals surface area contributed by atoms with E-state index in [9.17, 15) is 4.79 Å². The maximum Gasteiger partial charge on any atom is 0.253 e. The highest BCUT2D eigenvalue weighted by molar-refractivity contribution is 6.31. The van der Waals surface area contributed by atoms with Crippen LogP contribution in [0.4, 0.5) is 5.69 Å². The van der Waals surface area contributed by atoms with Crippen molar-refractivity contribution >= 4 is 23.2 Å². The predicted molar refractivity (Wildman–Crippen MR) is 84.4 cm³/mol. The van der Waals surface area contributed by atoms with E-state index >= 15 is 0 Å². The van der Waals surface area contributed by atoms with Crippen molar-refractivity contribution < 1.29 is 4.79 Å². The predicted octanol–water partition coefficient (Wildman–Crippen LogP) is 3.79. The second-order valence-electron chi connectivity index (χ2n) is 6.65. The summed E-state index contributed by atoms with van der Waals surface area (Å²) in [5.74, 6) is 0.437. The third-order valence-corrected chi connectivity index (χ3v) is 5.52. The molecule has 2 rings (SSSR count). The van der Waals surface area contributed by atoms with Crippen LogP contribution in [-0.2, 0) is 0 Å². The molecule has 0 spiro atoms. The standard InChI is InChI=1S/C16H23ClN2O/c1-15(2)13(16(15,3)4)9-19-14(20)11-8-10(17)6-7-12(11)18-5/h6-8,13,18H,9H2,1-5H3,(H,19,20). The summed E-state index contributed by atoms with van der Waals surface area (Å²) >= 11 is 5.98. The van der Waals surface area contributed by atoms with Gasteiger partial charge in [-0.2, -0.15) is 0 Å². The molecule has 0 atom stereocenters. The van der Waals surface area contributed by atoms with Crippen molar-refractivity contribution in [1.29, 1.82) is 0 Å². The minimum atomic E-state index is -0.0737. The maximum absolute atomic E-state index is 12.3. The fourth-order valence-electron chi connectivity index (χ4n) is 3.06. The Morgan fingerprint density at radius 2 is 1.85 bits per heavy atom. The molecule has 1 aromatic carbocycles. The average molecular weight is 295 g/mol. The van der Waals surface area contributed by atoms with E-state index in [4.69, 9.17) is 11.6 Å². The van der Waals surface area contributed by atoms with Gasteiger partial charge in [-0.15, -0.1) is 0 Å². The number of hydrogen-bond acceptors (Lipinski definition) is 2. The van der Waals surface area contributed by atoms with Gasteiger partial charge in [0.15, 0.2) is 0 Å². The molecule has 0 heterocycles. The summed E-state index contributed by atoms with van der Waals surface area (Å²) in [6.07, 6.45) is 0. The van der Waals surface area contributed by atoms with Crippen molar-refractivity contribution in [3.63, 3.8) is 0 Å². The molecule has 0 bridgehead atoms. The second-order valence-corrected chi connectivity index (χ2v) is 7.08. The Balaban J connectivity index is 2.05. The number of carbonyl (C=O) groups is 1. The van der Waals surface area contributed by atoms with Crippen molar-refractivity contribution in [3.8, 4) is 0 Å². The number of amides is 1. The highest BCUT2D eigenvalue weighted by atomic mass is 35.5. The van der Waals surface area contributed by atoms with Crippen molar-refractivity contribution in [2.75, 3.05) is 18.9 Å². The van der Waals surface area contributed by atoms with Crippen molar-refractivity contribution in [1.82, 2.24) is 5.32 Å². The minimum Gasteiger partial charge on any atom is -0.387 e. The first-order chi connectivity index (χ1) is 9.21. The molecule has 0 radical (unpaired) electrons. The fraction of sp³-hybridized carbons (Fsp3) is 0.562. The first kappa shape index (κ1) is 15.2. The lowest BCUT2D eigenvalue weighted by molar-refractivity contribution is 0.0950. The Hall–Kier alpha value is -1.22. The van der Waals surface area contributed by atoms with Gasteiger partial charge in [0.1, 0.15) is 0 Å². The van der Waals surface area contributed by atoms with Gasteiger partial charge < -0.3 is 10.6 Å². The van der Waals surface area contributed by atoms with Crippen molar-refractivity contribution in [3.05, 3.63) is 28.8 Å². The van der Waals surface area contributed by atoms with Gasteiger partial charge in [0.2, 0.25) is 0 Å². The number of benzene rings is 1. The summed E-state index contributed by atoms with van der Waals surface area (Å²) in [5, 5.41) is 6.63. The molecule has 1 amide bonds. The van der Waals surface area contributed by atoms with Crippen LogP contribution in [-0.4, -0.2) is 19.5 Å². The van der Waals surface area contributed by atoms with Gasteiger partial charge in [-0.3, -0.25) is 4.79 Å². The summed E-state index contributed by atoms with van der Waals surface area (Å²) in [4.78, 5) is 12.3. The molecular weight excluding hydrogens is 272 g/mol. The van der Waals surface area contributed by atoms with Crippen LogP contribution in [0.5, 0.6) is 0 Å². The zero-order chi connectivity index (χ0) is 15.1. The normalized spacial score (nSPS) is 19.5. The number of anilines is 1. The smallest absolute Gasteiger partial charge is 0.253 e. The van der Waals surface area contributed by atoms with E-state index in [0.29, 0.717) is 23.0 Å². The Kier molecular flexibility index (Phi) is 3.76. The second kappa shape index (κ2) is 4.96. The molecule has 0 unspecified atom stereocenters. The van der Waals surface area contributed by atoms with Crippen LogP contribution in [0.2, 0.25) is 5.02 Å². The van der Waals surface area contributed by atoms with Crippen LogP contribution >= 0.6 is 11.6 Å². The van der Waals surface area contributed by atoms with Gasteiger partial charge >= 0.3 is 0 Å². The average Bonchev–Trinajstić information content (AvgIpc) is 2.76. The van der Waals surface area contributed by atoms with E-state index in [1.165, 1.54) is 0 Å². The molecule has 2 N–H and O–H groups in total. The molecule has 110 valence electrons. The lowest BCUT2D eigenvalue weighted by Crippen LogP contribution is -2.27. The largest absolute Gasteiger partial charge is 0.387 e. The molecule has 0 saturated heterocycles. The highest BCUT2D eigenvalue weighted by Gasteiger charge is 2.64. The maximum atomic E-state index is 12.3. The molecule has 4 heteroatoms. The number of nitrogens with one attached hydrogen (secondary N) is 2. The van der Waals surface area contributed by atoms with Crippen LogP contribution in [0.25, 0.3) is 0 Å². The molecule has 1 aromatic rings.